The van der Waals surface area contributed by atoms with Crippen LogP contribution >= 0.6 is 0 Å². The Bertz CT molecular complexity index is 969. The van der Waals surface area contributed by atoms with Crippen molar-refractivity contribution in [2.45, 2.75) is 57.7 Å². The van der Waals surface area contributed by atoms with Crippen molar-refractivity contribution in [1.82, 2.24) is 15.5 Å². The Balaban J connectivity index is 1.41. The zero-order chi connectivity index (χ0) is 27.3. The number of anilines is 2. The van der Waals surface area contributed by atoms with Crippen LogP contribution in [0.1, 0.15) is 45.4 Å². The summed E-state index contributed by atoms with van der Waals surface area (Å²) < 4.78 is 18.3. The Kier molecular flexibility index (Phi) is 11.4. The van der Waals surface area contributed by atoms with E-state index >= 15 is 0 Å². The molecule has 12 heteroatoms. The predicted molar refractivity (Wildman–Crippen MR) is 143 cm³/mol. The number of hydrogen-bond donors (Lipinski definition) is 4. The normalized spacial score (nSPS) is 18.2. The molecule has 11 nitrogen and oxygen atoms in total. The van der Waals surface area contributed by atoms with Crippen LogP contribution in [0.2, 0.25) is 0 Å². The van der Waals surface area contributed by atoms with E-state index in [2.05, 4.69) is 32.8 Å². The Morgan fingerprint density at radius 1 is 1.21 bits per heavy atom. The topological polar surface area (TPSA) is 136 Å². The first-order chi connectivity index (χ1) is 18.4. The molecule has 1 saturated heterocycles. The maximum atomic E-state index is 13.3. The van der Waals surface area contributed by atoms with Gasteiger partial charge in [0, 0.05) is 44.0 Å². The number of nitrogens with one attached hydrogen (secondary N) is 3. The minimum Gasteiger partial charge on any atom is -0.480 e. The van der Waals surface area contributed by atoms with Crippen LogP contribution in [-0.2, 0) is 14.3 Å². The second kappa shape index (κ2) is 15.0. The lowest BCUT2D eigenvalue weighted by Gasteiger charge is -2.36. The van der Waals surface area contributed by atoms with Crippen LogP contribution in [0.5, 0.6) is 0 Å². The van der Waals surface area contributed by atoms with Crippen LogP contribution in [-0.4, -0.2) is 92.0 Å². The van der Waals surface area contributed by atoms with Crippen molar-refractivity contribution in [3.63, 3.8) is 0 Å². The molecule has 2 atom stereocenters. The average molecular weight is 535 g/mol. The number of unbranched alkanes of at least 4 members (excludes halogenated alkanes) is 3. The fourth-order valence-electron chi connectivity index (χ4n) is 4.29. The Morgan fingerprint density at radius 3 is 2.68 bits per heavy atom. The minimum atomic E-state index is -1.20. The van der Waals surface area contributed by atoms with Crippen molar-refractivity contribution in [3.8, 4) is 0 Å². The summed E-state index contributed by atoms with van der Waals surface area (Å²) in [7, 11) is 0. The van der Waals surface area contributed by atoms with Crippen LogP contribution in [0.3, 0.4) is 0 Å². The molecule has 2 aliphatic heterocycles. The SMILES string of the molecule is CCCCCCOC(=O)N[C@@H](CCC(=O)N1CCN(c2cccc(NC3=NCC(F)CN3)c2)CC1)C(=O)O. The second-order valence-corrected chi connectivity index (χ2v) is 9.48. The molecule has 38 heavy (non-hydrogen) atoms. The van der Waals surface area contributed by atoms with Gasteiger partial charge in [0.2, 0.25) is 5.91 Å². The molecule has 4 N–H and O–H groups in total. The number of benzene rings is 1. The van der Waals surface area contributed by atoms with Crippen molar-refractivity contribution in [3.05, 3.63) is 24.3 Å². The molecule has 1 aromatic rings. The fourth-order valence-corrected chi connectivity index (χ4v) is 4.29. The van der Waals surface area contributed by atoms with Gasteiger partial charge in [-0.25, -0.2) is 19.0 Å². The Morgan fingerprint density at radius 2 is 2.00 bits per heavy atom. The summed E-state index contributed by atoms with van der Waals surface area (Å²) in [6, 6.07) is 6.62. The van der Waals surface area contributed by atoms with Gasteiger partial charge < -0.3 is 35.6 Å². The van der Waals surface area contributed by atoms with Crippen molar-refractivity contribution >= 4 is 35.3 Å². The summed E-state index contributed by atoms with van der Waals surface area (Å²) in [5, 5.41) is 17.9. The van der Waals surface area contributed by atoms with Gasteiger partial charge in [-0.1, -0.05) is 32.3 Å². The molecule has 3 rings (SSSR count). The number of alkyl carbamates (subject to hydrolysis) is 1. The van der Waals surface area contributed by atoms with Crippen LogP contribution in [0.4, 0.5) is 20.6 Å². The highest BCUT2D eigenvalue weighted by atomic mass is 19.1. The number of guanidine groups is 1. The van der Waals surface area contributed by atoms with Gasteiger partial charge in [0.15, 0.2) is 5.96 Å². The highest BCUT2D eigenvalue weighted by Gasteiger charge is 2.26. The van der Waals surface area contributed by atoms with Crippen molar-refractivity contribution < 1.29 is 28.6 Å². The maximum Gasteiger partial charge on any atom is 0.407 e. The number of carbonyl (C=O) groups excluding carboxylic acids is 2. The summed E-state index contributed by atoms with van der Waals surface area (Å²) in [4.78, 5) is 44.3. The van der Waals surface area contributed by atoms with Crippen LogP contribution in [0, 0.1) is 0 Å². The molecule has 2 heterocycles. The molecule has 0 aliphatic carbocycles. The summed E-state index contributed by atoms with van der Waals surface area (Å²) >= 11 is 0. The third-order valence-electron chi connectivity index (χ3n) is 6.51. The lowest BCUT2D eigenvalue weighted by Crippen LogP contribution is -2.49. The van der Waals surface area contributed by atoms with Crippen molar-refractivity contribution in [2.75, 3.05) is 56.1 Å². The smallest absolute Gasteiger partial charge is 0.407 e. The van der Waals surface area contributed by atoms with Crippen LogP contribution in [0.15, 0.2) is 29.3 Å². The summed E-state index contributed by atoms with van der Waals surface area (Å²) in [6.07, 6.45) is 2.07. The van der Waals surface area contributed by atoms with Crippen LogP contribution in [0.25, 0.3) is 0 Å². The molecule has 2 amide bonds. The lowest BCUT2D eigenvalue weighted by atomic mass is 10.1. The molecule has 0 saturated carbocycles. The number of aliphatic carboxylic acids is 1. The molecular formula is C26H39FN6O5. The third-order valence-corrected chi connectivity index (χ3v) is 6.51. The molecule has 2 aliphatic rings. The van der Waals surface area contributed by atoms with E-state index in [4.69, 9.17) is 4.74 Å². The molecule has 0 aromatic heterocycles. The highest BCUT2D eigenvalue weighted by Crippen LogP contribution is 2.21. The minimum absolute atomic E-state index is 0.00585. The van der Waals surface area contributed by atoms with Gasteiger partial charge in [-0.15, -0.1) is 0 Å². The first-order valence-electron chi connectivity index (χ1n) is 13.3. The monoisotopic (exact) mass is 534 g/mol. The van der Waals surface area contributed by atoms with E-state index in [1.165, 1.54) is 0 Å². The molecular weight excluding hydrogens is 495 g/mol. The molecule has 1 unspecified atom stereocenters. The first kappa shape index (κ1) is 29.0. The highest BCUT2D eigenvalue weighted by molar-refractivity contribution is 5.94. The number of aliphatic imine (C=N–C) groups is 1. The second-order valence-electron chi connectivity index (χ2n) is 9.48. The molecule has 210 valence electrons. The number of nitrogens with zero attached hydrogens (tertiary/aromatic N) is 3. The third kappa shape index (κ3) is 9.38. The van der Waals surface area contributed by atoms with Gasteiger partial charge in [0.05, 0.1) is 19.7 Å². The van der Waals surface area contributed by atoms with Gasteiger partial charge in [-0.2, -0.15) is 0 Å². The Hall–Kier alpha value is -3.57. The quantitative estimate of drug-likeness (QED) is 0.301. The van der Waals surface area contributed by atoms with Gasteiger partial charge in [-0.3, -0.25) is 4.79 Å². The number of hydrogen-bond acceptors (Lipinski definition) is 8. The summed E-state index contributed by atoms with van der Waals surface area (Å²) in [5.41, 5.74) is 1.82. The van der Waals surface area contributed by atoms with E-state index in [1.807, 2.05) is 24.3 Å². The number of carboxylic acids is 1. The number of carbonyl (C=O) groups is 3. The van der Waals surface area contributed by atoms with Gasteiger partial charge >= 0.3 is 12.1 Å². The number of alkyl halides is 1. The van der Waals surface area contributed by atoms with Gasteiger partial charge in [0.25, 0.3) is 0 Å². The van der Waals surface area contributed by atoms with E-state index < -0.39 is 24.3 Å². The van der Waals surface area contributed by atoms with Crippen molar-refractivity contribution in [1.29, 1.82) is 0 Å². The number of carboxylic acid groups (broad SMARTS) is 1. The molecule has 1 aromatic carbocycles. The summed E-state index contributed by atoms with van der Waals surface area (Å²) in [6.45, 7) is 4.96. The van der Waals surface area contributed by atoms with E-state index in [0.717, 1.165) is 37.1 Å². The standard InChI is InChI=1S/C26H39FN6O5/c1-2-3-4-5-15-38-26(37)31-22(24(35)36)9-10-23(34)33-13-11-32(12-14-33)21-8-6-7-20(16-21)30-25-28-17-19(27)18-29-25/h6-8,16,19,22H,2-5,9-15,17-18H2,1H3,(H,31,37)(H,35,36)(H2,28,29,30)/t22-/m0/s1. The zero-order valence-electron chi connectivity index (χ0n) is 22.0. The number of amides is 2. The summed E-state index contributed by atoms with van der Waals surface area (Å²) in [5.74, 6) is -0.799. The molecule has 0 radical (unpaired) electrons. The Labute approximate surface area is 222 Å². The van der Waals surface area contributed by atoms with Crippen LogP contribution < -0.4 is 20.9 Å². The zero-order valence-corrected chi connectivity index (χ0v) is 22.0. The van der Waals surface area contributed by atoms with E-state index in [9.17, 15) is 23.9 Å². The first-order valence-corrected chi connectivity index (χ1v) is 13.3. The van der Waals surface area contributed by atoms with Crippen molar-refractivity contribution in [2.24, 2.45) is 4.99 Å². The molecule has 0 bridgehead atoms. The predicted octanol–water partition coefficient (Wildman–Crippen LogP) is 2.58. The van der Waals surface area contributed by atoms with Gasteiger partial charge in [0.1, 0.15) is 12.2 Å². The lowest BCUT2D eigenvalue weighted by molar-refractivity contribution is -0.140. The number of rotatable bonds is 12. The number of halogens is 1. The number of piperazine rings is 1. The molecule has 0 spiro atoms. The number of ether oxygens (including phenoxy) is 1. The maximum absolute atomic E-state index is 13.3. The van der Waals surface area contributed by atoms with E-state index in [0.29, 0.717) is 32.1 Å². The molecule has 1 fully saturated rings. The van der Waals surface area contributed by atoms with E-state index in [1.54, 1.807) is 4.90 Å². The van der Waals surface area contributed by atoms with E-state index in [-0.39, 0.29) is 38.4 Å². The average Bonchev–Trinajstić information content (AvgIpc) is 2.92. The fraction of sp³-hybridized carbons (Fsp3) is 0.615. The van der Waals surface area contributed by atoms with Gasteiger partial charge in [-0.05, 0) is 31.0 Å². The largest absolute Gasteiger partial charge is 0.480 e.